The van der Waals surface area contributed by atoms with Crippen LogP contribution in [0.25, 0.3) is 6.08 Å². The third-order valence-electron chi connectivity index (χ3n) is 4.18. The van der Waals surface area contributed by atoms with Gasteiger partial charge in [0.25, 0.3) is 5.91 Å². The van der Waals surface area contributed by atoms with E-state index in [2.05, 4.69) is 6.92 Å². The second kappa shape index (κ2) is 10.1. The van der Waals surface area contributed by atoms with Gasteiger partial charge in [0.2, 0.25) is 0 Å². The van der Waals surface area contributed by atoms with Gasteiger partial charge in [-0.15, -0.1) is 0 Å². The fourth-order valence-corrected chi connectivity index (χ4v) is 4.27. The number of carbonyl (C=O) groups is 1. The first-order valence-electron chi connectivity index (χ1n) is 9.46. The van der Waals surface area contributed by atoms with Crippen molar-refractivity contribution in [1.82, 2.24) is 0 Å². The maximum atomic E-state index is 12.9. The third-order valence-corrected chi connectivity index (χ3v) is 5.72. The van der Waals surface area contributed by atoms with Crippen LogP contribution in [0.1, 0.15) is 32.3 Å². The zero-order valence-electron chi connectivity index (χ0n) is 16.3. The van der Waals surface area contributed by atoms with E-state index in [0.29, 0.717) is 44.6 Å². The molecule has 2 aromatic carbocycles. The average molecular weight is 448 g/mol. The fraction of sp³-hybridized carbons (Fsp3) is 0.273. The van der Waals surface area contributed by atoms with Gasteiger partial charge in [-0.3, -0.25) is 9.69 Å². The SMILES string of the molecule is CCCCOc1ccc(/C=C2/SC(=S)N(c3cccc(Cl)c3)C2=O)cc1OCC. The van der Waals surface area contributed by atoms with Crippen molar-refractivity contribution in [2.45, 2.75) is 26.7 Å². The highest BCUT2D eigenvalue weighted by molar-refractivity contribution is 8.27. The summed E-state index contributed by atoms with van der Waals surface area (Å²) in [6.07, 6.45) is 3.87. The summed E-state index contributed by atoms with van der Waals surface area (Å²) in [5.74, 6) is 1.22. The maximum absolute atomic E-state index is 12.9. The molecule has 1 heterocycles. The molecule has 4 nitrogen and oxygen atoms in total. The second-order valence-corrected chi connectivity index (χ2v) is 8.45. The lowest BCUT2D eigenvalue weighted by Crippen LogP contribution is -2.27. The Balaban J connectivity index is 1.84. The number of benzene rings is 2. The van der Waals surface area contributed by atoms with E-state index >= 15 is 0 Å². The highest BCUT2D eigenvalue weighted by Gasteiger charge is 2.33. The highest BCUT2D eigenvalue weighted by atomic mass is 35.5. The van der Waals surface area contributed by atoms with Gasteiger partial charge in [0.15, 0.2) is 15.8 Å². The van der Waals surface area contributed by atoms with Crippen molar-refractivity contribution in [2.75, 3.05) is 18.1 Å². The molecule has 1 saturated heterocycles. The van der Waals surface area contributed by atoms with E-state index < -0.39 is 0 Å². The number of carbonyl (C=O) groups excluding carboxylic acids is 1. The molecule has 1 aliphatic rings. The summed E-state index contributed by atoms with van der Waals surface area (Å²) in [6.45, 7) is 5.23. The zero-order valence-corrected chi connectivity index (χ0v) is 18.7. The number of unbranched alkanes of at least 4 members (excludes halogenated alkanes) is 1. The number of halogens is 1. The molecular formula is C22H22ClNO3S2. The molecule has 1 amide bonds. The van der Waals surface area contributed by atoms with Crippen LogP contribution >= 0.6 is 35.6 Å². The predicted molar refractivity (Wildman–Crippen MR) is 125 cm³/mol. The summed E-state index contributed by atoms with van der Waals surface area (Å²) in [4.78, 5) is 15.0. The van der Waals surface area contributed by atoms with Crippen molar-refractivity contribution < 1.29 is 14.3 Å². The summed E-state index contributed by atoms with van der Waals surface area (Å²) < 4.78 is 12.0. The van der Waals surface area contributed by atoms with Crippen molar-refractivity contribution >= 4 is 57.6 Å². The highest BCUT2D eigenvalue weighted by Crippen LogP contribution is 2.37. The normalized spacial score (nSPS) is 15.3. The van der Waals surface area contributed by atoms with Crippen molar-refractivity contribution in [3.8, 4) is 11.5 Å². The van der Waals surface area contributed by atoms with Crippen LogP contribution in [-0.4, -0.2) is 23.4 Å². The molecule has 1 aliphatic heterocycles. The Morgan fingerprint density at radius 1 is 1.14 bits per heavy atom. The molecule has 3 rings (SSSR count). The number of thioether (sulfide) groups is 1. The molecule has 29 heavy (non-hydrogen) atoms. The van der Waals surface area contributed by atoms with Gasteiger partial charge in [0.05, 0.1) is 23.8 Å². The Hall–Kier alpha value is -2.02. The predicted octanol–water partition coefficient (Wildman–Crippen LogP) is 6.32. The molecule has 0 radical (unpaired) electrons. The maximum Gasteiger partial charge on any atom is 0.270 e. The lowest BCUT2D eigenvalue weighted by atomic mass is 10.1. The van der Waals surface area contributed by atoms with Gasteiger partial charge in [-0.2, -0.15) is 0 Å². The van der Waals surface area contributed by atoms with Crippen LogP contribution in [0.5, 0.6) is 11.5 Å². The quantitative estimate of drug-likeness (QED) is 0.269. The van der Waals surface area contributed by atoms with Gasteiger partial charge in [-0.05, 0) is 55.3 Å². The van der Waals surface area contributed by atoms with Crippen LogP contribution in [-0.2, 0) is 4.79 Å². The van der Waals surface area contributed by atoms with Crippen LogP contribution in [0.15, 0.2) is 47.4 Å². The topological polar surface area (TPSA) is 38.8 Å². The number of nitrogens with zero attached hydrogens (tertiary/aromatic N) is 1. The smallest absolute Gasteiger partial charge is 0.270 e. The molecule has 0 bridgehead atoms. The minimum atomic E-state index is -0.163. The molecule has 0 atom stereocenters. The summed E-state index contributed by atoms with van der Waals surface area (Å²) >= 11 is 12.8. The van der Waals surface area contributed by atoms with Gasteiger partial charge >= 0.3 is 0 Å². The number of hydrogen-bond acceptors (Lipinski definition) is 5. The molecule has 0 spiro atoms. The number of rotatable bonds is 8. The first-order valence-corrected chi connectivity index (χ1v) is 11.1. The Bertz CT molecular complexity index is 945. The molecule has 7 heteroatoms. The van der Waals surface area contributed by atoms with Gasteiger partial charge in [-0.1, -0.05) is 61.1 Å². The van der Waals surface area contributed by atoms with E-state index in [-0.39, 0.29) is 5.91 Å². The fourth-order valence-electron chi connectivity index (χ4n) is 2.79. The first-order chi connectivity index (χ1) is 14.0. The summed E-state index contributed by atoms with van der Waals surface area (Å²) in [7, 11) is 0. The van der Waals surface area contributed by atoms with Crippen molar-refractivity contribution in [3.63, 3.8) is 0 Å². The molecule has 152 valence electrons. The summed E-state index contributed by atoms with van der Waals surface area (Å²) in [6, 6.07) is 12.8. The Labute approximate surface area is 185 Å². The van der Waals surface area contributed by atoms with E-state index in [9.17, 15) is 4.79 Å². The van der Waals surface area contributed by atoms with Crippen LogP contribution in [0.3, 0.4) is 0 Å². The largest absolute Gasteiger partial charge is 0.490 e. The van der Waals surface area contributed by atoms with E-state index in [1.54, 1.807) is 18.2 Å². The van der Waals surface area contributed by atoms with Gasteiger partial charge < -0.3 is 9.47 Å². The van der Waals surface area contributed by atoms with Crippen LogP contribution < -0.4 is 14.4 Å². The number of thiocarbonyl (C=S) groups is 1. The third kappa shape index (κ3) is 5.32. The van der Waals surface area contributed by atoms with E-state index in [0.717, 1.165) is 18.4 Å². The first kappa shape index (κ1) is 21.7. The van der Waals surface area contributed by atoms with E-state index in [4.69, 9.17) is 33.3 Å². The van der Waals surface area contributed by atoms with Crippen LogP contribution in [0, 0.1) is 0 Å². The van der Waals surface area contributed by atoms with E-state index in [1.807, 2.05) is 37.3 Å². The van der Waals surface area contributed by atoms with Gasteiger partial charge in [0, 0.05) is 5.02 Å². The van der Waals surface area contributed by atoms with Crippen molar-refractivity contribution in [1.29, 1.82) is 0 Å². The van der Waals surface area contributed by atoms with Crippen molar-refractivity contribution in [2.24, 2.45) is 0 Å². The molecule has 0 unspecified atom stereocenters. The molecule has 0 aliphatic carbocycles. The molecule has 0 aromatic heterocycles. The van der Waals surface area contributed by atoms with Gasteiger partial charge in [-0.25, -0.2) is 0 Å². The number of anilines is 1. The minimum Gasteiger partial charge on any atom is -0.490 e. The molecular weight excluding hydrogens is 426 g/mol. The second-order valence-electron chi connectivity index (χ2n) is 6.34. The molecule has 0 saturated carbocycles. The Morgan fingerprint density at radius 2 is 1.97 bits per heavy atom. The number of ether oxygens (including phenoxy) is 2. The Kier molecular flexibility index (Phi) is 7.58. The standard InChI is InChI=1S/C22H22ClNO3S2/c1-3-5-11-27-18-10-9-15(12-19(18)26-4-2)13-20-21(25)24(22(28)29-20)17-8-6-7-16(23)14-17/h6-10,12-14H,3-5,11H2,1-2H3/b20-13+. The van der Waals surface area contributed by atoms with Crippen LogP contribution in [0.4, 0.5) is 5.69 Å². The summed E-state index contributed by atoms with van der Waals surface area (Å²) in [5, 5.41) is 0.556. The molecule has 0 N–H and O–H groups in total. The number of amides is 1. The molecule has 1 fully saturated rings. The lowest BCUT2D eigenvalue weighted by molar-refractivity contribution is -0.113. The van der Waals surface area contributed by atoms with E-state index in [1.165, 1.54) is 16.7 Å². The van der Waals surface area contributed by atoms with Crippen LogP contribution in [0.2, 0.25) is 5.02 Å². The molecule has 2 aromatic rings. The number of hydrogen-bond donors (Lipinski definition) is 0. The van der Waals surface area contributed by atoms with Gasteiger partial charge in [0.1, 0.15) is 0 Å². The monoisotopic (exact) mass is 447 g/mol. The lowest BCUT2D eigenvalue weighted by Gasteiger charge is -2.14. The zero-order chi connectivity index (χ0) is 20.8. The average Bonchev–Trinajstić information content (AvgIpc) is 2.97. The Morgan fingerprint density at radius 3 is 2.69 bits per heavy atom. The minimum absolute atomic E-state index is 0.163. The van der Waals surface area contributed by atoms with Crippen molar-refractivity contribution in [3.05, 3.63) is 58.0 Å². The summed E-state index contributed by atoms with van der Waals surface area (Å²) in [5.41, 5.74) is 1.51.